The molecule has 11 heteroatoms. The fraction of sp³-hybridized carbons (Fsp3) is 0.615. The van der Waals surface area contributed by atoms with Crippen LogP contribution in [0, 0.1) is 22.2 Å². The summed E-state index contributed by atoms with van der Waals surface area (Å²) in [6, 6.07) is 5.13. The number of halogens is 3. The molecule has 3 saturated carbocycles. The van der Waals surface area contributed by atoms with Gasteiger partial charge in [-0.2, -0.15) is 23.5 Å². The van der Waals surface area contributed by atoms with Gasteiger partial charge in [0.1, 0.15) is 17.7 Å². The van der Waals surface area contributed by atoms with Gasteiger partial charge >= 0.3 is 12.2 Å². The minimum Gasteiger partial charge on any atom is -0.490 e. The van der Waals surface area contributed by atoms with E-state index in [1.54, 1.807) is 6.07 Å². The largest absolute Gasteiger partial charge is 0.490 e. The van der Waals surface area contributed by atoms with Gasteiger partial charge in [0.25, 0.3) is 0 Å². The number of carbonyl (C=O) groups excluding carboxylic acids is 1. The molecule has 0 unspecified atom stereocenters. The number of hydrogen-bond donors (Lipinski definition) is 1. The van der Waals surface area contributed by atoms with Crippen LogP contribution < -0.4 is 4.74 Å². The second-order valence-electron chi connectivity index (χ2n) is 11.9. The Morgan fingerprint density at radius 2 is 1.70 bits per heavy atom. The zero-order chi connectivity index (χ0) is 25.6. The minimum atomic E-state index is -4.61. The number of nitriles is 1. The van der Waals surface area contributed by atoms with Crippen molar-refractivity contribution < 1.29 is 22.7 Å². The van der Waals surface area contributed by atoms with Crippen LogP contribution in [0.3, 0.4) is 0 Å². The molecule has 3 aliphatic carbocycles. The monoisotopic (exact) mass is 512 g/mol. The summed E-state index contributed by atoms with van der Waals surface area (Å²) in [5.74, 6) is 3.04. The second-order valence-corrected chi connectivity index (χ2v) is 11.9. The van der Waals surface area contributed by atoms with Crippen molar-refractivity contribution in [2.45, 2.75) is 62.6 Å². The van der Waals surface area contributed by atoms with Gasteiger partial charge in [-0.1, -0.05) is 0 Å². The summed E-state index contributed by atoms with van der Waals surface area (Å²) in [6.45, 7) is 2.91. The number of H-pyrrole nitrogens is 1. The second kappa shape index (κ2) is 7.62. The Morgan fingerprint density at radius 1 is 1.05 bits per heavy atom. The topological polar surface area (TPSA) is 98.1 Å². The fourth-order valence-electron chi connectivity index (χ4n) is 6.80. The molecule has 1 N–H and O–H groups in total. The average molecular weight is 513 g/mol. The zero-order valence-electron chi connectivity index (χ0n) is 20.2. The van der Waals surface area contributed by atoms with Crippen molar-refractivity contribution in [1.82, 2.24) is 25.0 Å². The lowest BCUT2D eigenvalue weighted by atomic mass is 9.57. The lowest BCUT2D eigenvalue weighted by Gasteiger charge is -2.62. The maximum Gasteiger partial charge on any atom is 0.417 e. The van der Waals surface area contributed by atoms with E-state index in [1.165, 1.54) is 18.9 Å². The van der Waals surface area contributed by atoms with Crippen molar-refractivity contribution in [2.75, 3.05) is 26.2 Å². The van der Waals surface area contributed by atoms with E-state index in [1.807, 2.05) is 9.80 Å². The molecule has 0 radical (unpaired) electrons. The Hall–Kier alpha value is -3.29. The summed E-state index contributed by atoms with van der Waals surface area (Å²) >= 11 is 0. The summed E-state index contributed by atoms with van der Waals surface area (Å²) in [5.41, 5.74) is -1.16. The van der Waals surface area contributed by atoms with Gasteiger partial charge in [-0.3, -0.25) is 5.10 Å². The van der Waals surface area contributed by atoms with Crippen molar-refractivity contribution in [3.63, 3.8) is 0 Å². The van der Waals surface area contributed by atoms with Gasteiger partial charge in [-0.25, -0.2) is 9.78 Å². The van der Waals surface area contributed by atoms with Crippen molar-refractivity contribution in [3.8, 4) is 11.8 Å². The molecular formula is C26H27F3N6O2. The molecule has 5 aliphatic rings. The van der Waals surface area contributed by atoms with Gasteiger partial charge in [0.2, 0.25) is 0 Å². The standard InChI is InChI=1S/C26H27F3N6O2/c27-26(28,29)20-5-18(4-3-16(20)10-30)37-19-8-25(9-19)13-35(14-25)23(36)34-11-24(12-34)6-17(7-24)22-31-21(32-33-22)15-1-2-15/h3-5,15,17,19H,1-2,6-9,11-14H2,(H,31,32,33). The van der Waals surface area contributed by atoms with Gasteiger partial charge in [0.05, 0.1) is 17.2 Å². The SMILES string of the molecule is N#Cc1ccc(OC2CC3(C2)CN(C(=O)N2CC4(CC(c5n[nH]c(C6CC6)n5)C4)C2)C3)cc1C(F)(F)F. The minimum absolute atomic E-state index is 0.00871. The molecule has 2 spiro atoms. The number of ether oxygens (including phenoxy) is 1. The van der Waals surface area contributed by atoms with Gasteiger partial charge in [-0.15, -0.1) is 0 Å². The highest BCUT2D eigenvalue weighted by molar-refractivity contribution is 5.77. The molecule has 2 aliphatic heterocycles. The van der Waals surface area contributed by atoms with Crippen molar-refractivity contribution in [2.24, 2.45) is 10.8 Å². The predicted octanol–water partition coefficient (Wildman–Crippen LogP) is 4.42. The Labute approximate surface area is 211 Å². The maximum atomic E-state index is 13.2. The number of urea groups is 1. The molecule has 1 aromatic carbocycles. The van der Waals surface area contributed by atoms with Crippen LogP contribution in [-0.2, 0) is 6.18 Å². The highest BCUT2D eigenvalue weighted by Crippen LogP contribution is 2.57. The first-order chi connectivity index (χ1) is 17.6. The highest BCUT2D eigenvalue weighted by atomic mass is 19.4. The molecule has 3 heterocycles. The quantitative estimate of drug-likeness (QED) is 0.654. The summed E-state index contributed by atoms with van der Waals surface area (Å²) in [7, 11) is 0. The number of benzene rings is 1. The fourth-order valence-corrected chi connectivity index (χ4v) is 6.80. The third-order valence-electron chi connectivity index (χ3n) is 8.90. The number of alkyl halides is 3. The van der Waals surface area contributed by atoms with E-state index in [9.17, 15) is 18.0 Å². The van der Waals surface area contributed by atoms with Crippen LogP contribution in [0.2, 0.25) is 0 Å². The Kier molecular flexibility index (Phi) is 4.71. The van der Waals surface area contributed by atoms with Crippen LogP contribution in [0.1, 0.15) is 73.1 Å². The average Bonchev–Trinajstić information content (AvgIpc) is 3.49. The van der Waals surface area contributed by atoms with E-state index in [2.05, 4.69) is 15.2 Å². The summed E-state index contributed by atoms with van der Waals surface area (Å²) < 4.78 is 45.4. The summed E-state index contributed by atoms with van der Waals surface area (Å²) in [6.07, 6.45) is 1.11. The van der Waals surface area contributed by atoms with E-state index in [0.29, 0.717) is 37.8 Å². The molecular weight excluding hydrogens is 485 g/mol. The lowest BCUT2D eigenvalue weighted by molar-refractivity contribution is -0.138. The normalized spacial score (nSPS) is 24.2. The first-order valence-corrected chi connectivity index (χ1v) is 12.9. The molecule has 0 atom stereocenters. The third-order valence-corrected chi connectivity index (χ3v) is 8.90. The van der Waals surface area contributed by atoms with E-state index < -0.39 is 17.3 Å². The van der Waals surface area contributed by atoms with Crippen LogP contribution in [0.15, 0.2) is 18.2 Å². The maximum absolute atomic E-state index is 13.2. The number of aromatic amines is 1. The van der Waals surface area contributed by atoms with Gasteiger partial charge in [0.15, 0.2) is 5.82 Å². The van der Waals surface area contributed by atoms with Crippen LogP contribution in [0.25, 0.3) is 0 Å². The van der Waals surface area contributed by atoms with Gasteiger partial charge in [-0.05, 0) is 56.7 Å². The van der Waals surface area contributed by atoms with Crippen LogP contribution in [0.5, 0.6) is 5.75 Å². The molecule has 194 valence electrons. The number of likely N-dealkylation sites (tertiary alicyclic amines) is 2. The third kappa shape index (κ3) is 3.83. The molecule has 2 amide bonds. The first kappa shape index (κ1) is 22.9. The van der Waals surface area contributed by atoms with Crippen LogP contribution in [0.4, 0.5) is 18.0 Å². The number of nitrogens with zero attached hydrogens (tertiary/aromatic N) is 5. The number of carbonyl (C=O) groups is 1. The number of aromatic nitrogens is 3. The van der Waals surface area contributed by atoms with Crippen molar-refractivity contribution in [1.29, 1.82) is 5.26 Å². The number of rotatable bonds is 4. The van der Waals surface area contributed by atoms with Crippen LogP contribution >= 0.6 is 0 Å². The zero-order valence-corrected chi connectivity index (χ0v) is 20.2. The first-order valence-electron chi connectivity index (χ1n) is 12.9. The Bertz CT molecular complexity index is 1280. The highest BCUT2D eigenvalue weighted by Gasteiger charge is 2.59. The number of hydrogen-bond acceptors (Lipinski definition) is 5. The molecule has 2 aromatic rings. The van der Waals surface area contributed by atoms with E-state index in [-0.39, 0.29) is 28.7 Å². The van der Waals surface area contributed by atoms with Crippen molar-refractivity contribution in [3.05, 3.63) is 41.0 Å². The van der Waals surface area contributed by atoms with Gasteiger partial charge < -0.3 is 14.5 Å². The van der Waals surface area contributed by atoms with Crippen LogP contribution in [-0.4, -0.2) is 63.3 Å². The molecule has 7 rings (SSSR count). The molecule has 2 saturated heterocycles. The summed E-state index contributed by atoms with van der Waals surface area (Å²) in [5, 5.41) is 16.4. The van der Waals surface area contributed by atoms with Gasteiger partial charge in [0, 0.05) is 48.8 Å². The number of amides is 2. The molecule has 37 heavy (non-hydrogen) atoms. The van der Waals surface area contributed by atoms with E-state index >= 15 is 0 Å². The Morgan fingerprint density at radius 3 is 2.30 bits per heavy atom. The molecule has 1 aromatic heterocycles. The van der Waals surface area contributed by atoms with E-state index in [0.717, 1.165) is 49.7 Å². The van der Waals surface area contributed by atoms with Crippen molar-refractivity contribution >= 4 is 6.03 Å². The smallest absolute Gasteiger partial charge is 0.417 e. The summed E-state index contributed by atoms with van der Waals surface area (Å²) in [4.78, 5) is 21.4. The molecule has 5 fully saturated rings. The van der Waals surface area contributed by atoms with E-state index in [4.69, 9.17) is 10.00 Å². The molecule has 0 bridgehead atoms. The molecule has 8 nitrogen and oxygen atoms in total. The lowest BCUT2D eigenvalue weighted by Crippen LogP contribution is -2.71. The Balaban J connectivity index is 0.861. The predicted molar refractivity (Wildman–Crippen MR) is 124 cm³/mol. The number of nitrogens with one attached hydrogen (secondary N) is 1.